The molecule has 0 unspecified atom stereocenters. The van der Waals surface area contributed by atoms with Crippen molar-refractivity contribution in [2.75, 3.05) is 0 Å². The molecule has 1 aromatic heterocycles. The van der Waals surface area contributed by atoms with E-state index in [1.165, 1.54) is 33.4 Å². The Hall–Kier alpha value is -2.59. The zero-order valence-electron chi connectivity index (χ0n) is 20.3. The standard InChI is InChI=1S/C28H34N3.BrH/c1-8-25(29-27-21(4)14-19(2)15-22(27)5)26(18-31-12-10-9-11-13-31)30-28-23(6)16-20(3)17-24(28)7;/h9-17H,8,18H2,1-7H3;1H/q+1;/p-1. The monoisotopic (exact) mass is 491 g/mol. The molecule has 0 atom stereocenters. The Bertz CT molecular complexity index is 1100. The van der Waals surface area contributed by atoms with E-state index in [1.54, 1.807) is 0 Å². The first-order valence-corrected chi connectivity index (χ1v) is 11.0. The minimum absolute atomic E-state index is 0. The van der Waals surface area contributed by atoms with Crippen molar-refractivity contribution in [3.05, 3.63) is 88.2 Å². The molecule has 0 aliphatic carbocycles. The molecular weight excluding hydrogens is 458 g/mol. The lowest BCUT2D eigenvalue weighted by atomic mass is 10.0. The average molecular weight is 493 g/mol. The van der Waals surface area contributed by atoms with E-state index < -0.39 is 0 Å². The molecule has 0 radical (unpaired) electrons. The molecule has 0 N–H and O–H groups in total. The third kappa shape index (κ3) is 6.23. The summed E-state index contributed by atoms with van der Waals surface area (Å²) in [5.74, 6) is 0. The van der Waals surface area contributed by atoms with Gasteiger partial charge in [0.25, 0.3) is 0 Å². The lowest BCUT2D eigenvalue weighted by molar-refractivity contribution is -0.681. The summed E-state index contributed by atoms with van der Waals surface area (Å²) in [4.78, 5) is 10.4. The molecule has 0 saturated carbocycles. The van der Waals surface area contributed by atoms with Crippen molar-refractivity contribution in [1.29, 1.82) is 0 Å². The quantitative estimate of drug-likeness (QED) is 0.370. The van der Waals surface area contributed by atoms with Gasteiger partial charge in [-0.2, -0.15) is 4.57 Å². The number of aryl methyl sites for hydroxylation is 6. The molecule has 0 spiro atoms. The summed E-state index contributed by atoms with van der Waals surface area (Å²) in [5, 5.41) is 0. The number of hydrogen-bond donors (Lipinski definition) is 0. The Morgan fingerprint density at radius 2 is 1.06 bits per heavy atom. The van der Waals surface area contributed by atoms with Crippen LogP contribution in [0.25, 0.3) is 0 Å². The van der Waals surface area contributed by atoms with E-state index in [9.17, 15) is 0 Å². The molecule has 0 aliphatic rings. The van der Waals surface area contributed by atoms with Crippen LogP contribution in [-0.2, 0) is 6.54 Å². The van der Waals surface area contributed by atoms with Gasteiger partial charge >= 0.3 is 0 Å². The van der Waals surface area contributed by atoms with Crippen LogP contribution < -0.4 is 21.5 Å². The lowest BCUT2D eigenvalue weighted by Gasteiger charge is -2.13. The Morgan fingerprint density at radius 3 is 1.47 bits per heavy atom. The smallest absolute Gasteiger partial charge is 0.192 e. The third-order valence-electron chi connectivity index (χ3n) is 5.54. The van der Waals surface area contributed by atoms with Gasteiger partial charge in [0, 0.05) is 12.1 Å². The van der Waals surface area contributed by atoms with Gasteiger partial charge in [-0.3, -0.25) is 4.99 Å². The summed E-state index contributed by atoms with van der Waals surface area (Å²) in [7, 11) is 0. The van der Waals surface area contributed by atoms with Crippen LogP contribution in [0.2, 0.25) is 0 Å². The normalized spacial score (nSPS) is 12.0. The van der Waals surface area contributed by atoms with Crippen molar-refractivity contribution < 1.29 is 21.5 Å². The summed E-state index contributed by atoms with van der Waals surface area (Å²) in [6, 6.07) is 15.0. The fourth-order valence-electron chi connectivity index (χ4n) is 4.22. The van der Waals surface area contributed by atoms with Gasteiger partial charge in [-0.15, -0.1) is 0 Å². The number of hydrogen-bond acceptors (Lipinski definition) is 2. The van der Waals surface area contributed by atoms with Crippen LogP contribution in [0, 0.1) is 41.5 Å². The fourth-order valence-corrected chi connectivity index (χ4v) is 4.22. The predicted molar refractivity (Wildman–Crippen MR) is 132 cm³/mol. The molecule has 3 rings (SSSR count). The number of aromatic nitrogens is 1. The lowest BCUT2D eigenvalue weighted by Crippen LogP contribution is -3.00. The van der Waals surface area contributed by atoms with Gasteiger partial charge in [-0.1, -0.05) is 48.4 Å². The number of pyridine rings is 1. The zero-order chi connectivity index (χ0) is 22.5. The van der Waals surface area contributed by atoms with Crippen LogP contribution in [0.1, 0.15) is 46.7 Å². The van der Waals surface area contributed by atoms with Crippen molar-refractivity contribution in [2.24, 2.45) is 9.98 Å². The van der Waals surface area contributed by atoms with Gasteiger partial charge in [0.1, 0.15) is 5.71 Å². The van der Waals surface area contributed by atoms with Crippen molar-refractivity contribution in [3.8, 4) is 0 Å². The SMILES string of the molecule is CCC(=Nc1c(C)cc(C)cc1C)C(C[n+]1ccccc1)=Nc1c(C)cc(C)cc1C.[Br-]. The van der Waals surface area contributed by atoms with Crippen LogP contribution in [0.3, 0.4) is 0 Å². The van der Waals surface area contributed by atoms with E-state index in [-0.39, 0.29) is 17.0 Å². The van der Waals surface area contributed by atoms with Gasteiger partial charge in [0.05, 0.1) is 17.1 Å². The molecule has 3 aromatic rings. The van der Waals surface area contributed by atoms with Crippen LogP contribution in [0.15, 0.2) is 64.8 Å². The molecule has 32 heavy (non-hydrogen) atoms. The molecule has 4 heteroatoms. The van der Waals surface area contributed by atoms with Gasteiger partial charge in [0.2, 0.25) is 0 Å². The minimum Gasteiger partial charge on any atom is -1.00 e. The molecule has 0 fully saturated rings. The number of benzene rings is 2. The van der Waals surface area contributed by atoms with Crippen molar-refractivity contribution >= 4 is 22.8 Å². The van der Waals surface area contributed by atoms with Crippen LogP contribution in [-0.4, -0.2) is 11.4 Å². The third-order valence-corrected chi connectivity index (χ3v) is 5.54. The van der Waals surface area contributed by atoms with Gasteiger partial charge in [0.15, 0.2) is 18.9 Å². The van der Waals surface area contributed by atoms with E-state index in [0.29, 0.717) is 6.54 Å². The molecule has 2 aromatic carbocycles. The molecule has 3 nitrogen and oxygen atoms in total. The molecular formula is C28H34BrN3. The van der Waals surface area contributed by atoms with Crippen LogP contribution in [0.4, 0.5) is 11.4 Å². The highest BCUT2D eigenvalue weighted by atomic mass is 79.9. The maximum absolute atomic E-state index is 5.20. The first-order valence-electron chi connectivity index (χ1n) is 11.0. The predicted octanol–water partition coefficient (Wildman–Crippen LogP) is 3.78. The number of nitrogens with zero attached hydrogens (tertiary/aromatic N) is 3. The van der Waals surface area contributed by atoms with Crippen molar-refractivity contribution in [3.63, 3.8) is 0 Å². The second kappa shape index (κ2) is 11.3. The van der Waals surface area contributed by atoms with Crippen molar-refractivity contribution in [2.45, 2.75) is 61.4 Å². The number of halogens is 1. The Balaban J connectivity index is 0.00000363. The van der Waals surface area contributed by atoms with E-state index in [1.807, 2.05) is 6.07 Å². The topological polar surface area (TPSA) is 28.6 Å². The number of rotatable bonds is 6. The van der Waals surface area contributed by atoms with E-state index in [4.69, 9.17) is 9.98 Å². The first kappa shape index (κ1) is 25.7. The summed E-state index contributed by atoms with van der Waals surface area (Å²) in [6.07, 6.45) is 4.99. The largest absolute Gasteiger partial charge is 1.00 e. The van der Waals surface area contributed by atoms with Crippen LogP contribution >= 0.6 is 0 Å². The van der Waals surface area contributed by atoms with E-state index in [0.717, 1.165) is 29.2 Å². The highest BCUT2D eigenvalue weighted by molar-refractivity contribution is 6.42. The summed E-state index contributed by atoms with van der Waals surface area (Å²) >= 11 is 0. The molecule has 0 saturated heterocycles. The van der Waals surface area contributed by atoms with E-state index >= 15 is 0 Å². The minimum atomic E-state index is 0. The second-order valence-corrected chi connectivity index (χ2v) is 8.51. The van der Waals surface area contributed by atoms with Crippen LogP contribution in [0.5, 0.6) is 0 Å². The highest BCUT2D eigenvalue weighted by Crippen LogP contribution is 2.28. The fraction of sp³-hybridized carbons (Fsp3) is 0.321. The average Bonchev–Trinajstić information content (AvgIpc) is 2.70. The molecule has 1 heterocycles. The summed E-state index contributed by atoms with van der Waals surface area (Å²) in [5.41, 5.74) is 11.5. The maximum atomic E-state index is 5.20. The van der Waals surface area contributed by atoms with Gasteiger partial charge in [-0.25, -0.2) is 4.99 Å². The first-order chi connectivity index (χ1) is 14.8. The van der Waals surface area contributed by atoms with Gasteiger partial charge in [-0.05, 0) is 70.2 Å². The van der Waals surface area contributed by atoms with E-state index in [2.05, 4.69) is 102 Å². The second-order valence-electron chi connectivity index (χ2n) is 8.51. The number of aliphatic imine (C=N–C) groups is 2. The maximum Gasteiger partial charge on any atom is 0.192 e. The molecule has 0 bridgehead atoms. The summed E-state index contributed by atoms with van der Waals surface area (Å²) in [6.45, 7) is 15.7. The molecule has 168 valence electrons. The highest BCUT2D eigenvalue weighted by Gasteiger charge is 2.16. The molecule has 0 amide bonds. The summed E-state index contributed by atoms with van der Waals surface area (Å²) < 4.78 is 2.16. The molecule has 0 aliphatic heterocycles. The van der Waals surface area contributed by atoms with Crippen molar-refractivity contribution in [1.82, 2.24) is 0 Å². The zero-order valence-corrected chi connectivity index (χ0v) is 21.9. The van der Waals surface area contributed by atoms with Gasteiger partial charge < -0.3 is 17.0 Å². The Kier molecular flexibility index (Phi) is 9.09. The Morgan fingerprint density at radius 1 is 0.656 bits per heavy atom. The Labute approximate surface area is 203 Å².